The van der Waals surface area contributed by atoms with Crippen molar-refractivity contribution in [2.24, 2.45) is 0 Å². The fourth-order valence-corrected chi connectivity index (χ4v) is 5.04. The Morgan fingerprint density at radius 2 is 1.73 bits per heavy atom. The molecule has 0 atom stereocenters. The lowest BCUT2D eigenvalue weighted by atomic mass is 10.2. The number of rotatable bonds is 8. The predicted molar refractivity (Wildman–Crippen MR) is 120 cm³/mol. The Morgan fingerprint density at radius 1 is 1.03 bits per heavy atom. The zero-order valence-electron chi connectivity index (χ0n) is 17.6. The molecule has 162 valence electrons. The molecule has 1 saturated heterocycles. The SMILES string of the molecule is CN(C)c1ccc(S(=O)(=O)N2CCCCC2)cc1NCC(=O)NCc1ccccc1. The summed E-state index contributed by atoms with van der Waals surface area (Å²) < 4.78 is 27.6. The van der Waals surface area contributed by atoms with Crippen molar-refractivity contribution in [3.63, 3.8) is 0 Å². The van der Waals surface area contributed by atoms with Gasteiger partial charge in [0.05, 0.1) is 22.8 Å². The maximum Gasteiger partial charge on any atom is 0.243 e. The van der Waals surface area contributed by atoms with Crippen molar-refractivity contribution in [3.8, 4) is 0 Å². The molecule has 0 saturated carbocycles. The van der Waals surface area contributed by atoms with Crippen molar-refractivity contribution in [1.82, 2.24) is 9.62 Å². The molecule has 7 nitrogen and oxygen atoms in total. The first-order valence-corrected chi connectivity index (χ1v) is 11.7. The Morgan fingerprint density at radius 3 is 2.40 bits per heavy atom. The number of anilines is 2. The quantitative estimate of drug-likeness (QED) is 0.673. The van der Waals surface area contributed by atoms with Crippen LogP contribution in [-0.4, -0.2) is 52.4 Å². The molecule has 0 aromatic heterocycles. The number of benzene rings is 2. The molecule has 30 heavy (non-hydrogen) atoms. The van der Waals surface area contributed by atoms with Gasteiger partial charge in [0.1, 0.15) is 0 Å². The highest BCUT2D eigenvalue weighted by atomic mass is 32.2. The second-order valence-electron chi connectivity index (χ2n) is 7.65. The van der Waals surface area contributed by atoms with E-state index in [1.807, 2.05) is 49.3 Å². The van der Waals surface area contributed by atoms with E-state index in [0.717, 1.165) is 30.5 Å². The number of carbonyl (C=O) groups is 1. The minimum absolute atomic E-state index is 0.0564. The molecule has 1 aliphatic rings. The predicted octanol–water partition coefficient (Wildman–Crippen LogP) is 2.66. The van der Waals surface area contributed by atoms with Gasteiger partial charge >= 0.3 is 0 Å². The van der Waals surface area contributed by atoms with Crippen LogP contribution in [0, 0.1) is 0 Å². The Hall–Kier alpha value is -2.58. The lowest BCUT2D eigenvalue weighted by Crippen LogP contribution is -2.35. The maximum atomic E-state index is 13.0. The summed E-state index contributed by atoms with van der Waals surface area (Å²) in [5, 5.41) is 5.98. The first kappa shape index (κ1) is 22.1. The molecule has 2 aromatic carbocycles. The van der Waals surface area contributed by atoms with E-state index >= 15 is 0 Å². The summed E-state index contributed by atoms with van der Waals surface area (Å²) in [5.41, 5.74) is 2.46. The number of sulfonamides is 1. The van der Waals surface area contributed by atoms with E-state index in [0.29, 0.717) is 25.3 Å². The highest BCUT2D eigenvalue weighted by Crippen LogP contribution is 2.29. The molecule has 2 N–H and O–H groups in total. The van der Waals surface area contributed by atoms with Gasteiger partial charge in [0, 0.05) is 33.7 Å². The highest BCUT2D eigenvalue weighted by molar-refractivity contribution is 7.89. The van der Waals surface area contributed by atoms with Crippen LogP contribution in [-0.2, 0) is 21.4 Å². The molecule has 3 rings (SSSR count). The van der Waals surface area contributed by atoms with E-state index in [1.165, 1.54) is 0 Å². The Balaban J connectivity index is 1.70. The molecule has 2 aromatic rings. The number of amides is 1. The van der Waals surface area contributed by atoms with Crippen molar-refractivity contribution >= 4 is 27.3 Å². The number of piperidine rings is 1. The van der Waals surface area contributed by atoms with Crippen molar-refractivity contribution in [3.05, 3.63) is 54.1 Å². The second kappa shape index (κ2) is 9.95. The number of nitrogens with one attached hydrogen (secondary N) is 2. The van der Waals surface area contributed by atoms with E-state index in [-0.39, 0.29) is 17.3 Å². The van der Waals surface area contributed by atoms with Gasteiger partial charge in [-0.05, 0) is 36.6 Å². The van der Waals surface area contributed by atoms with Crippen molar-refractivity contribution in [1.29, 1.82) is 0 Å². The van der Waals surface area contributed by atoms with Crippen molar-refractivity contribution in [2.45, 2.75) is 30.7 Å². The van der Waals surface area contributed by atoms with E-state index < -0.39 is 10.0 Å². The Kier molecular flexibility index (Phi) is 7.33. The minimum Gasteiger partial charge on any atom is -0.376 e. The van der Waals surface area contributed by atoms with Gasteiger partial charge in [-0.3, -0.25) is 4.79 Å². The zero-order valence-corrected chi connectivity index (χ0v) is 18.4. The zero-order chi connectivity index (χ0) is 21.6. The molecule has 0 spiro atoms. The first-order valence-electron chi connectivity index (χ1n) is 10.2. The topological polar surface area (TPSA) is 81.8 Å². The second-order valence-corrected chi connectivity index (χ2v) is 9.59. The van der Waals surface area contributed by atoms with Gasteiger partial charge in [-0.25, -0.2) is 8.42 Å². The van der Waals surface area contributed by atoms with Crippen LogP contribution < -0.4 is 15.5 Å². The van der Waals surface area contributed by atoms with E-state index in [1.54, 1.807) is 22.5 Å². The average Bonchev–Trinajstić information content (AvgIpc) is 2.77. The molecule has 0 aliphatic carbocycles. The van der Waals surface area contributed by atoms with Crippen LogP contribution in [0.1, 0.15) is 24.8 Å². The van der Waals surface area contributed by atoms with Crippen LogP contribution in [0.4, 0.5) is 11.4 Å². The average molecular weight is 431 g/mol. The van der Waals surface area contributed by atoms with Crippen LogP contribution in [0.15, 0.2) is 53.4 Å². The Bertz CT molecular complexity index is 956. The molecule has 0 bridgehead atoms. The number of nitrogens with zero attached hydrogens (tertiary/aromatic N) is 2. The minimum atomic E-state index is -3.54. The number of hydrogen-bond acceptors (Lipinski definition) is 5. The summed E-state index contributed by atoms with van der Waals surface area (Å²) in [5.74, 6) is -0.159. The summed E-state index contributed by atoms with van der Waals surface area (Å²) in [4.78, 5) is 14.4. The van der Waals surface area contributed by atoms with Gasteiger partial charge in [-0.2, -0.15) is 4.31 Å². The summed E-state index contributed by atoms with van der Waals surface area (Å²) in [6.45, 7) is 1.62. The lowest BCUT2D eigenvalue weighted by Gasteiger charge is -2.27. The van der Waals surface area contributed by atoms with Gasteiger partial charge in [0.25, 0.3) is 0 Å². The van der Waals surface area contributed by atoms with Crippen molar-refractivity contribution in [2.75, 3.05) is 43.9 Å². The molecule has 1 heterocycles. The molecule has 1 amide bonds. The Labute approximate surface area is 179 Å². The molecule has 1 aliphatic heterocycles. The molecule has 8 heteroatoms. The third-order valence-electron chi connectivity index (χ3n) is 5.17. The van der Waals surface area contributed by atoms with Crippen LogP contribution in [0.25, 0.3) is 0 Å². The standard InChI is InChI=1S/C22H30N4O3S/c1-25(2)21-12-11-19(30(28,29)26-13-7-4-8-14-26)15-20(21)23-17-22(27)24-16-18-9-5-3-6-10-18/h3,5-6,9-12,15,23H,4,7-8,13-14,16-17H2,1-2H3,(H,24,27). The summed E-state index contributed by atoms with van der Waals surface area (Å²) >= 11 is 0. The van der Waals surface area contributed by atoms with Crippen molar-refractivity contribution < 1.29 is 13.2 Å². The van der Waals surface area contributed by atoms with Gasteiger partial charge in [-0.1, -0.05) is 36.8 Å². The summed E-state index contributed by atoms with van der Waals surface area (Å²) in [6, 6.07) is 14.7. The van der Waals surface area contributed by atoms with Gasteiger partial charge < -0.3 is 15.5 Å². The molecule has 0 unspecified atom stereocenters. The largest absolute Gasteiger partial charge is 0.376 e. The maximum absolute atomic E-state index is 13.0. The van der Waals surface area contributed by atoms with Gasteiger partial charge in [-0.15, -0.1) is 0 Å². The molecule has 0 radical (unpaired) electrons. The van der Waals surface area contributed by atoms with E-state index in [4.69, 9.17) is 0 Å². The van der Waals surface area contributed by atoms with Crippen LogP contribution in [0.2, 0.25) is 0 Å². The fourth-order valence-electron chi connectivity index (χ4n) is 3.50. The fraction of sp³-hybridized carbons (Fsp3) is 0.409. The van der Waals surface area contributed by atoms with Gasteiger partial charge in [0.15, 0.2) is 0 Å². The van der Waals surface area contributed by atoms with Crippen LogP contribution in [0.5, 0.6) is 0 Å². The highest BCUT2D eigenvalue weighted by Gasteiger charge is 2.26. The van der Waals surface area contributed by atoms with Crippen LogP contribution in [0.3, 0.4) is 0 Å². The smallest absolute Gasteiger partial charge is 0.243 e. The monoisotopic (exact) mass is 430 g/mol. The normalized spacial score (nSPS) is 14.9. The third kappa shape index (κ3) is 5.52. The number of hydrogen-bond donors (Lipinski definition) is 2. The number of carbonyl (C=O) groups excluding carboxylic acids is 1. The molecular weight excluding hydrogens is 400 g/mol. The molecular formula is C22H30N4O3S. The lowest BCUT2D eigenvalue weighted by molar-refractivity contribution is -0.119. The third-order valence-corrected chi connectivity index (χ3v) is 7.07. The van der Waals surface area contributed by atoms with Gasteiger partial charge in [0.2, 0.25) is 15.9 Å². The van der Waals surface area contributed by atoms with Crippen LogP contribution >= 0.6 is 0 Å². The summed E-state index contributed by atoms with van der Waals surface area (Å²) in [6.07, 6.45) is 2.85. The molecule has 1 fully saturated rings. The van der Waals surface area contributed by atoms with E-state index in [9.17, 15) is 13.2 Å². The summed E-state index contributed by atoms with van der Waals surface area (Å²) in [7, 11) is 0.230. The first-order chi connectivity index (χ1) is 14.4. The van der Waals surface area contributed by atoms with E-state index in [2.05, 4.69) is 10.6 Å².